The smallest absolute Gasteiger partial charge is 0.335 e. The summed E-state index contributed by atoms with van der Waals surface area (Å²) in [4.78, 5) is 28.6. The van der Waals surface area contributed by atoms with Crippen LogP contribution >= 0.6 is 11.8 Å². The molecule has 7 nitrogen and oxygen atoms in total. The van der Waals surface area contributed by atoms with Crippen molar-refractivity contribution < 1.29 is 24.2 Å². The first-order valence-corrected chi connectivity index (χ1v) is 11.6. The van der Waals surface area contributed by atoms with Crippen molar-refractivity contribution in [2.45, 2.75) is 20.5 Å². The van der Waals surface area contributed by atoms with Gasteiger partial charge in [-0.2, -0.15) is 0 Å². The summed E-state index contributed by atoms with van der Waals surface area (Å²) in [5.41, 5.74) is 4.86. The third-order valence-electron chi connectivity index (χ3n) is 5.31. The van der Waals surface area contributed by atoms with Crippen LogP contribution in [0, 0.1) is 13.8 Å². The Labute approximate surface area is 207 Å². The number of aromatic carboxylic acids is 1. The van der Waals surface area contributed by atoms with E-state index in [4.69, 9.17) is 14.6 Å². The van der Waals surface area contributed by atoms with Gasteiger partial charge in [0.2, 0.25) is 0 Å². The number of amidine groups is 1. The van der Waals surface area contributed by atoms with Crippen LogP contribution in [0.2, 0.25) is 0 Å². The van der Waals surface area contributed by atoms with E-state index >= 15 is 0 Å². The third kappa shape index (κ3) is 5.91. The van der Waals surface area contributed by atoms with Gasteiger partial charge in [0.15, 0.2) is 16.7 Å². The van der Waals surface area contributed by atoms with Crippen molar-refractivity contribution in [2.75, 3.05) is 7.11 Å². The van der Waals surface area contributed by atoms with Crippen molar-refractivity contribution >= 4 is 40.6 Å². The number of ether oxygens (including phenoxy) is 2. The van der Waals surface area contributed by atoms with E-state index in [1.54, 1.807) is 37.5 Å². The number of rotatable bonds is 7. The van der Waals surface area contributed by atoms with Crippen LogP contribution in [0.25, 0.3) is 6.08 Å². The number of carboxylic acids is 1. The fourth-order valence-electron chi connectivity index (χ4n) is 3.47. The van der Waals surface area contributed by atoms with Gasteiger partial charge in [0, 0.05) is 0 Å². The number of amides is 1. The minimum Gasteiger partial charge on any atom is -0.493 e. The first kappa shape index (κ1) is 24.1. The first-order valence-electron chi connectivity index (χ1n) is 10.8. The van der Waals surface area contributed by atoms with E-state index in [0.717, 1.165) is 27.9 Å². The molecule has 8 heteroatoms. The minimum absolute atomic E-state index is 0.206. The lowest BCUT2D eigenvalue weighted by Gasteiger charge is -2.11. The van der Waals surface area contributed by atoms with Crippen molar-refractivity contribution in [2.24, 2.45) is 4.99 Å². The molecule has 1 aliphatic rings. The number of hydrogen-bond donors (Lipinski definition) is 2. The van der Waals surface area contributed by atoms with Crippen LogP contribution < -0.4 is 14.8 Å². The lowest BCUT2D eigenvalue weighted by molar-refractivity contribution is -0.115. The zero-order valence-corrected chi connectivity index (χ0v) is 20.3. The van der Waals surface area contributed by atoms with Crippen LogP contribution in [-0.2, 0) is 11.4 Å². The number of carboxylic acid groups (broad SMARTS) is 1. The molecule has 1 saturated heterocycles. The molecule has 0 aromatic heterocycles. The summed E-state index contributed by atoms with van der Waals surface area (Å²) < 4.78 is 11.3. The van der Waals surface area contributed by atoms with Crippen LogP contribution in [0.1, 0.15) is 32.6 Å². The number of nitrogens with zero attached hydrogens (tertiary/aromatic N) is 1. The molecule has 2 N–H and O–H groups in total. The fraction of sp³-hybridized carbons (Fsp3) is 0.148. The molecular formula is C27H24N2O5S. The zero-order chi connectivity index (χ0) is 24.9. The second kappa shape index (κ2) is 10.5. The molecule has 1 fully saturated rings. The molecule has 3 aromatic rings. The van der Waals surface area contributed by atoms with Gasteiger partial charge in [-0.25, -0.2) is 9.79 Å². The second-order valence-corrected chi connectivity index (χ2v) is 9.00. The summed E-state index contributed by atoms with van der Waals surface area (Å²) in [6.07, 6.45) is 1.78. The number of carbonyl (C=O) groups is 2. The molecular weight excluding hydrogens is 464 g/mol. The van der Waals surface area contributed by atoms with Gasteiger partial charge in [0.05, 0.1) is 23.3 Å². The van der Waals surface area contributed by atoms with Gasteiger partial charge >= 0.3 is 5.97 Å². The molecule has 0 bridgehead atoms. The summed E-state index contributed by atoms with van der Waals surface area (Å²) in [7, 11) is 1.55. The quantitative estimate of drug-likeness (QED) is 0.428. The normalized spacial score (nSPS) is 15.3. The van der Waals surface area contributed by atoms with E-state index in [1.807, 2.05) is 32.0 Å². The highest BCUT2D eigenvalue weighted by molar-refractivity contribution is 8.18. The average molecular weight is 489 g/mol. The Hall–Kier alpha value is -4.04. The molecule has 0 unspecified atom stereocenters. The molecule has 1 amide bonds. The Morgan fingerprint density at radius 3 is 2.51 bits per heavy atom. The molecule has 0 spiro atoms. The monoisotopic (exact) mass is 488 g/mol. The van der Waals surface area contributed by atoms with Crippen molar-refractivity contribution in [1.82, 2.24) is 5.32 Å². The molecule has 1 heterocycles. The molecule has 0 atom stereocenters. The zero-order valence-electron chi connectivity index (χ0n) is 19.5. The number of benzene rings is 3. The van der Waals surface area contributed by atoms with Crippen molar-refractivity contribution in [3.8, 4) is 11.5 Å². The fourth-order valence-corrected chi connectivity index (χ4v) is 4.30. The minimum atomic E-state index is -0.971. The van der Waals surface area contributed by atoms with Gasteiger partial charge in [-0.15, -0.1) is 0 Å². The molecule has 0 radical (unpaired) electrons. The Bertz CT molecular complexity index is 1350. The van der Waals surface area contributed by atoms with Crippen molar-refractivity contribution in [3.05, 3.63) is 93.4 Å². The maximum absolute atomic E-state index is 12.5. The van der Waals surface area contributed by atoms with Crippen molar-refractivity contribution in [1.29, 1.82) is 0 Å². The lowest BCUT2D eigenvalue weighted by Crippen LogP contribution is -2.19. The molecule has 178 valence electrons. The van der Waals surface area contributed by atoms with Gasteiger partial charge in [-0.05, 0) is 78.7 Å². The average Bonchev–Trinajstić information content (AvgIpc) is 3.18. The maximum Gasteiger partial charge on any atom is 0.335 e. The summed E-state index contributed by atoms with van der Waals surface area (Å²) in [6, 6.07) is 17.9. The number of aryl methyl sites for hydroxylation is 2. The summed E-state index contributed by atoms with van der Waals surface area (Å²) in [5.74, 6) is -0.115. The number of nitrogens with one attached hydrogen (secondary N) is 1. The number of methoxy groups -OCH3 is 1. The number of hydrogen-bond acceptors (Lipinski definition) is 6. The number of aliphatic imine (C=N–C) groups is 1. The van der Waals surface area contributed by atoms with E-state index in [2.05, 4.69) is 16.4 Å². The van der Waals surface area contributed by atoms with Gasteiger partial charge in [-0.3, -0.25) is 4.79 Å². The first-order chi connectivity index (χ1) is 16.8. The molecule has 3 aromatic carbocycles. The molecule has 35 heavy (non-hydrogen) atoms. The maximum atomic E-state index is 12.5. The topological polar surface area (TPSA) is 97.2 Å². The van der Waals surface area contributed by atoms with E-state index in [1.165, 1.54) is 23.9 Å². The van der Waals surface area contributed by atoms with Crippen LogP contribution in [0.15, 0.2) is 70.6 Å². The Kier molecular flexibility index (Phi) is 7.22. The predicted octanol–water partition coefficient (Wildman–Crippen LogP) is 5.48. The number of thioether (sulfide) groups is 1. The van der Waals surface area contributed by atoms with E-state index in [-0.39, 0.29) is 18.1 Å². The van der Waals surface area contributed by atoms with Gasteiger partial charge < -0.3 is 19.9 Å². The molecule has 4 rings (SSSR count). The molecule has 0 saturated carbocycles. The summed E-state index contributed by atoms with van der Waals surface area (Å²) in [6.45, 7) is 4.28. The van der Waals surface area contributed by atoms with Crippen LogP contribution in [0.4, 0.5) is 5.69 Å². The summed E-state index contributed by atoms with van der Waals surface area (Å²) >= 11 is 1.29. The standard InChI is InChI=1S/C27H24N2O5S/c1-16-4-10-21(17(2)12-16)28-27-29-25(30)24(35-27)14-19-7-11-22(23(13-19)33-3)34-15-18-5-8-20(9-6-18)26(31)32/h4-14H,15H2,1-3H3,(H,31,32)(H,28,29,30)/b24-14+. The predicted molar refractivity (Wildman–Crippen MR) is 137 cm³/mol. The highest BCUT2D eigenvalue weighted by Gasteiger charge is 2.24. The van der Waals surface area contributed by atoms with Crippen molar-refractivity contribution in [3.63, 3.8) is 0 Å². The lowest BCUT2D eigenvalue weighted by atomic mass is 10.1. The van der Waals surface area contributed by atoms with E-state index < -0.39 is 5.97 Å². The summed E-state index contributed by atoms with van der Waals surface area (Å²) in [5, 5.41) is 12.4. The number of carbonyl (C=O) groups excluding carboxylic acids is 1. The molecule has 0 aliphatic carbocycles. The van der Waals surface area contributed by atoms with Crippen LogP contribution in [0.3, 0.4) is 0 Å². The molecule has 1 aliphatic heterocycles. The SMILES string of the molecule is COc1cc(/C=C2/SC(=Nc3ccc(C)cc3C)NC2=O)ccc1OCc1ccc(C(=O)O)cc1. The Balaban J connectivity index is 1.47. The largest absolute Gasteiger partial charge is 0.493 e. The van der Waals surface area contributed by atoms with Gasteiger partial charge in [-0.1, -0.05) is 35.9 Å². The van der Waals surface area contributed by atoms with Crippen LogP contribution in [0.5, 0.6) is 11.5 Å². The highest BCUT2D eigenvalue weighted by atomic mass is 32.2. The van der Waals surface area contributed by atoms with Gasteiger partial charge in [0.25, 0.3) is 5.91 Å². The van der Waals surface area contributed by atoms with E-state index in [0.29, 0.717) is 21.6 Å². The second-order valence-electron chi connectivity index (χ2n) is 7.97. The van der Waals surface area contributed by atoms with Crippen LogP contribution in [-0.4, -0.2) is 29.3 Å². The highest BCUT2D eigenvalue weighted by Crippen LogP contribution is 2.33. The third-order valence-corrected chi connectivity index (χ3v) is 6.22. The Morgan fingerprint density at radius 1 is 1.06 bits per heavy atom. The Morgan fingerprint density at radius 2 is 1.83 bits per heavy atom. The van der Waals surface area contributed by atoms with Gasteiger partial charge in [0.1, 0.15) is 6.61 Å². The van der Waals surface area contributed by atoms with E-state index in [9.17, 15) is 9.59 Å².